The first-order valence-electron chi connectivity index (χ1n) is 10.4. The number of ether oxygens (including phenoxy) is 4. The first-order valence-corrected chi connectivity index (χ1v) is 10.4. The standard InChI is InChI=1S/C26H28O5/c1-20(2)26(27)31-19-17-28-16-18-30-25-13-12-24(22-10-6-7-11-23(22)25)29-15-14-21-8-4-3-5-9-21/h3-13H,1,14-19H2,2H3. The maximum Gasteiger partial charge on any atom is 0.333 e. The van der Waals surface area contributed by atoms with E-state index in [-0.39, 0.29) is 6.61 Å². The minimum absolute atomic E-state index is 0.198. The lowest BCUT2D eigenvalue weighted by atomic mass is 10.1. The van der Waals surface area contributed by atoms with Crippen molar-refractivity contribution in [2.24, 2.45) is 0 Å². The third kappa shape index (κ3) is 6.86. The largest absolute Gasteiger partial charge is 0.493 e. The Hall–Kier alpha value is -3.31. The molecule has 0 bridgehead atoms. The van der Waals surface area contributed by atoms with E-state index in [9.17, 15) is 4.79 Å². The zero-order valence-electron chi connectivity index (χ0n) is 17.8. The van der Waals surface area contributed by atoms with E-state index in [1.54, 1.807) is 6.92 Å². The van der Waals surface area contributed by atoms with Crippen LogP contribution in [0.15, 0.2) is 78.9 Å². The van der Waals surface area contributed by atoms with E-state index in [2.05, 4.69) is 18.7 Å². The van der Waals surface area contributed by atoms with Crippen molar-refractivity contribution in [2.45, 2.75) is 13.3 Å². The molecule has 0 unspecified atom stereocenters. The normalized spacial score (nSPS) is 10.6. The molecule has 5 nitrogen and oxygen atoms in total. The Morgan fingerprint density at radius 2 is 1.32 bits per heavy atom. The van der Waals surface area contributed by atoms with Crippen LogP contribution in [0.4, 0.5) is 0 Å². The van der Waals surface area contributed by atoms with Crippen LogP contribution in [0.25, 0.3) is 10.8 Å². The van der Waals surface area contributed by atoms with Crippen LogP contribution in [-0.2, 0) is 20.7 Å². The quantitative estimate of drug-likeness (QED) is 0.235. The molecule has 0 spiro atoms. The molecule has 0 saturated carbocycles. The highest BCUT2D eigenvalue weighted by atomic mass is 16.6. The van der Waals surface area contributed by atoms with Crippen molar-refractivity contribution in [3.8, 4) is 11.5 Å². The topological polar surface area (TPSA) is 54.0 Å². The Labute approximate surface area is 183 Å². The molecule has 31 heavy (non-hydrogen) atoms. The molecule has 0 aliphatic carbocycles. The Balaban J connectivity index is 1.49. The maximum atomic E-state index is 11.3. The molecule has 0 amide bonds. The summed E-state index contributed by atoms with van der Waals surface area (Å²) in [7, 11) is 0. The SMILES string of the molecule is C=C(C)C(=O)OCCOCCOc1ccc(OCCc2ccccc2)c2ccccc12. The molecule has 0 aliphatic heterocycles. The van der Waals surface area contributed by atoms with Crippen molar-refractivity contribution in [3.05, 3.63) is 84.4 Å². The number of fused-ring (bicyclic) bond motifs is 1. The highest BCUT2D eigenvalue weighted by Crippen LogP contribution is 2.33. The zero-order valence-corrected chi connectivity index (χ0v) is 17.8. The predicted octanol–water partition coefficient (Wildman–Crippen LogP) is 4.98. The monoisotopic (exact) mass is 420 g/mol. The summed E-state index contributed by atoms with van der Waals surface area (Å²) in [6, 6.07) is 22.2. The van der Waals surface area contributed by atoms with Gasteiger partial charge in [0.1, 0.15) is 24.7 Å². The second-order valence-corrected chi connectivity index (χ2v) is 7.07. The maximum absolute atomic E-state index is 11.3. The summed E-state index contributed by atoms with van der Waals surface area (Å²) in [5.41, 5.74) is 1.63. The fourth-order valence-electron chi connectivity index (χ4n) is 3.05. The highest BCUT2D eigenvalue weighted by molar-refractivity contribution is 5.93. The zero-order chi connectivity index (χ0) is 21.9. The number of hydrogen-bond donors (Lipinski definition) is 0. The molecule has 0 heterocycles. The number of esters is 1. The van der Waals surface area contributed by atoms with Crippen LogP contribution in [0.3, 0.4) is 0 Å². The highest BCUT2D eigenvalue weighted by Gasteiger charge is 2.08. The summed E-state index contributed by atoms with van der Waals surface area (Å²) in [4.78, 5) is 11.3. The third-order valence-electron chi connectivity index (χ3n) is 4.63. The van der Waals surface area contributed by atoms with Crippen molar-refractivity contribution >= 4 is 16.7 Å². The van der Waals surface area contributed by atoms with Gasteiger partial charge in [-0.3, -0.25) is 0 Å². The summed E-state index contributed by atoms with van der Waals surface area (Å²) in [6.45, 7) is 7.06. The first kappa shape index (κ1) is 22.4. The molecule has 5 heteroatoms. The van der Waals surface area contributed by atoms with Gasteiger partial charge in [-0.1, -0.05) is 61.2 Å². The molecule has 0 saturated heterocycles. The van der Waals surface area contributed by atoms with Crippen LogP contribution >= 0.6 is 0 Å². The molecule has 0 fully saturated rings. The fourth-order valence-corrected chi connectivity index (χ4v) is 3.05. The van der Waals surface area contributed by atoms with E-state index in [1.807, 2.05) is 54.6 Å². The van der Waals surface area contributed by atoms with Crippen LogP contribution in [-0.4, -0.2) is 39.0 Å². The lowest BCUT2D eigenvalue weighted by Crippen LogP contribution is -2.14. The van der Waals surface area contributed by atoms with Gasteiger partial charge in [0.05, 0.1) is 19.8 Å². The van der Waals surface area contributed by atoms with Crippen molar-refractivity contribution in [1.82, 2.24) is 0 Å². The second kappa shape index (κ2) is 11.8. The third-order valence-corrected chi connectivity index (χ3v) is 4.63. The van der Waals surface area contributed by atoms with Gasteiger partial charge in [0, 0.05) is 22.8 Å². The van der Waals surface area contributed by atoms with E-state index < -0.39 is 5.97 Å². The van der Waals surface area contributed by atoms with Gasteiger partial charge in [0.2, 0.25) is 0 Å². The second-order valence-electron chi connectivity index (χ2n) is 7.07. The summed E-state index contributed by atoms with van der Waals surface area (Å²) in [5.74, 6) is 1.22. The molecule has 0 N–H and O–H groups in total. The Morgan fingerprint density at radius 3 is 1.97 bits per heavy atom. The summed E-state index contributed by atoms with van der Waals surface area (Å²) >= 11 is 0. The molecule has 0 aliphatic rings. The minimum Gasteiger partial charge on any atom is -0.493 e. The molecular weight excluding hydrogens is 392 g/mol. The molecular formula is C26H28O5. The number of benzene rings is 3. The Kier molecular flexibility index (Phi) is 8.49. The number of rotatable bonds is 12. The van der Waals surface area contributed by atoms with Gasteiger partial charge < -0.3 is 18.9 Å². The molecule has 3 rings (SSSR count). The van der Waals surface area contributed by atoms with Gasteiger partial charge in [-0.15, -0.1) is 0 Å². The van der Waals surface area contributed by atoms with Crippen LogP contribution in [0.1, 0.15) is 12.5 Å². The van der Waals surface area contributed by atoms with E-state index in [0.29, 0.717) is 32.0 Å². The van der Waals surface area contributed by atoms with E-state index >= 15 is 0 Å². The van der Waals surface area contributed by atoms with Crippen molar-refractivity contribution in [2.75, 3.05) is 33.0 Å². The lowest BCUT2D eigenvalue weighted by Gasteiger charge is -2.14. The first-order chi connectivity index (χ1) is 15.1. The van der Waals surface area contributed by atoms with Crippen LogP contribution < -0.4 is 9.47 Å². The number of carbonyl (C=O) groups excluding carboxylic acids is 1. The summed E-state index contributed by atoms with van der Waals surface area (Å²) < 4.78 is 22.4. The van der Waals surface area contributed by atoms with Crippen LogP contribution in [0.2, 0.25) is 0 Å². The molecule has 0 radical (unpaired) electrons. The summed E-state index contributed by atoms with van der Waals surface area (Å²) in [6.07, 6.45) is 0.854. The van der Waals surface area contributed by atoms with Crippen molar-refractivity contribution in [3.63, 3.8) is 0 Å². The van der Waals surface area contributed by atoms with Gasteiger partial charge >= 0.3 is 5.97 Å². The van der Waals surface area contributed by atoms with E-state index in [0.717, 1.165) is 28.7 Å². The fraction of sp³-hybridized carbons (Fsp3) is 0.269. The van der Waals surface area contributed by atoms with Gasteiger partial charge in [0.15, 0.2) is 0 Å². The minimum atomic E-state index is -0.405. The number of carbonyl (C=O) groups is 1. The van der Waals surface area contributed by atoms with Crippen molar-refractivity contribution in [1.29, 1.82) is 0 Å². The van der Waals surface area contributed by atoms with E-state index in [4.69, 9.17) is 18.9 Å². The van der Waals surface area contributed by atoms with Gasteiger partial charge in [-0.25, -0.2) is 4.79 Å². The molecule has 0 aromatic heterocycles. The molecule has 3 aromatic rings. The van der Waals surface area contributed by atoms with Crippen LogP contribution in [0.5, 0.6) is 11.5 Å². The molecule has 0 atom stereocenters. The molecule has 3 aromatic carbocycles. The van der Waals surface area contributed by atoms with Crippen molar-refractivity contribution < 1.29 is 23.7 Å². The average Bonchev–Trinajstić information content (AvgIpc) is 2.79. The average molecular weight is 421 g/mol. The van der Waals surface area contributed by atoms with Gasteiger partial charge in [-0.2, -0.15) is 0 Å². The molecule has 162 valence electrons. The smallest absolute Gasteiger partial charge is 0.333 e. The Morgan fingerprint density at radius 1 is 0.742 bits per heavy atom. The Bertz CT molecular complexity index is 997. The summed E-state index contributed by atoms with van der Waals surface area (Å²) in [5, 5.41) is 2.01. The van der Waals surface area contributed by atoms with Gasteiger partial charge in [0.25, 0.3) is 0 Å². The van der Waals surface area contributed by atoms with Gasteiger partial charge in [-0.05, 0) is 24.6 Å². The predicted molar refractivity (Wildman–Crippen MR) is 122 cm³/mol. The number of hydrogen-bond acceptors (Lipinski definition) is 5. The van der Waals surface area contributed by atoms with E-state index in [1.165, 1.54) is 5.56 Å². The van der Waals surface area contributed by atoms with Crippen LogP contribution in [0, 0.1) is 0 Å². The lowest BCUT2D eigenvalue weighted by molar-refractivity contribution is -0.140.